The van der Waals surface area contributed by atoms with E-state index in [-0.39, 0.29) is 0 Å². The highest BCUT2D eigenvalue weighted by Gasteiger charge is 2.06. The van der Waals surface area contributed by atoms with E-state index in [1.807, 2.05) is 16.8 Å². The average Bonchev–Trinajstić information content (AvgIpc) is 2.75. The van der Waals surface area contributed by atoms with Crippen LogP contribution < -0.4 is 5.32 Å². The van der Waals surface area contributed by atoms with Gasteiger partial charge in [-0.05, 0) is 12.1 Å². The Balaban J connectivity index is 2.19. The molecule has 0 saturated heterocycles. The molecule has 1 N–H and O–H groups in total. The fraction of sp³-hybridized carbons (Fsp3) is 0.364. The molecule has 0 aliphatic carbocycles. The van der Waals surface area contributed by atoms with Crippen LogP contribution in [0.5, 0.6) is 0 Å². The van der Waals surface area contributed by atoms with Crippen LogP contribution in [-0.2, 0) is 6.54 Å². The first-order valence-corrected chi connectivity index (χ1v) is 5.30. The summed E-state index contributed by atoms with van der Waals surface area (Å²) in [4.78, 5) is 8.22. The van der Waals surface area contributed by atoms with Gasteiger partial charge in [-0.25, -0.2) is 9.67 Å². The molecule has 0 unspecified atom stereocenters. The first kappa shape index (κ1) is 10.8. The summed E-state index contributed by atoms with van der Waals surface area (Å²) in [5.74, 6) is 0.903. The van der Waals surface area contributed by atoms with E-state index in [9.17, 15) is 0 Å². The monoisotopic (exact) mass is 217 g/mol. The second-order valence-corrected chi connectivity index (χ2v) is 3.83. The van der Waals surface area contributed by atoms with Gasteiger partial charge in [0.25, 0.3) is 0 Å². The standard InChI is InChI=1S/C11H15N5/c1-9(2)13-7-11-14-8-15-16(11)10-3-5-12-6-4-10/h3-6,8-9,13H,7H2,1-2H3. The molecule has 0 fully saturated rings. The van der Waals surface area contributed by atoms with Crippen LogP contribution in [-0.4, -0.2) is 25.8 Å². The zero-order chi connectivity index (χ0) is 11.4. The molecule has 5 heteroatoms. The molecule has 0 spiro atoms. The lowest BCUT2D eigenvalue weighted by Crippen LogP contribution is -2.24. The maximum atomic E-state index is 4.23. The zero-order valence-electron chi connectivity index (χ0n) is 9.46. The minimum atomic E-state index is 0.433. The molecule has 0 amide bonds. The Hall–Kier alpha value is -1.75. The number of aromatic nitrogens is 4. The fourth-order valence-electron chi connectivity index (χ4n) is 1.38. The Morgan fingerprint density at radius 2 is 2.06 bits per heavy atom. The molecular formula is C11H15N5. The number of hydrogen-bond donors (Lipinski definition) is 1. The van der Waals surface area contributed by atoms with Crippen LogP contribution in [0.1, 0.15) is 19.7 Å². The highest BCUT2D eigenvalue weighted by Crippen LogP contribution is 2.06. The van der Waals surface area contributed by atoms with Gasteiger partial charge in [-0.15, -0.1) is 0 Å². The first-order chi connectivity index (χ1) is 7.77. The lowest BCUT2D eigenvalue weighted by molar-refractivity contribution is 0.563. The summed E-state index contributed by atoms with van der Waals surface area (Å²) in [7, 11) is 0. The van der Waals surface area contributed by atoms with Gasteiger partial charge in [0, 0.05) is 18.4 Å². The summed E-state index contributed by atoms with van der Waals surface area (Å²) < 4.78 is 1.82. The van der Waals surface area contributed by atoms with E-state index in [1.165, 1.54) is 0 Å². The molecule has 2 rings (SSSR count). The number of pyridine rings is 1. The van der Waals surface area contributed by atoms with E-state index in [0.717, 1.165) is 11.5 Å². The summed E-state index contributed by atoms with van der Waals surface area (Å²) in [6, 6.07) is 4.25. The quantitative estimate of drug-likeness (QED) is 0.835. The van der Waals surface area contributed by atoms with Gasteiger partial charge in [0.05, 0.1) is 12.2 Å². The summed E-state index contributed by atoms with van der Waals surface area (Å²) >= 11 is 0. The minimum Gasteiger partial charge on any atom is -0.308 e. The van der Waals surface area contributed by atoms with Crippen molar-refractivity contribution < 1.29 is 0 Å². The fourth-order valence-corrected chi connectivity index (χ4v) is 1.38. The summed E-state index contributed by atoms with van der Waals surface area (Å²) in [6.07, 6.45) is 5.06. The Kier molecular flexibility index (Phi) is 3.26. The normalized spacial score (nSPS) is 10.9. The third-order valence-corrected chi connectivity index (χ3v) is 2.19. The highest BCUT2D eigenvalue weighted by molar-refractivity contribution is 5.28. The van der Waals surface area contributed by atoms with Crippen molar-refractivity contribution in [2.45, 2.75) is 26.4 Å². The molecular weight excluding hydrogens is 202 g/mol. The lowest BCUT2D eigenvalue weighted by atomic mass is 10.4. The minimum absolute atomic E-state index is 0.433. The summed E-state index contributed by atoms with van der Waals surface area (Å²) in [6.45, 7) is 4.92. The van der Waals surface area contributed by atoms with E-state index < -0.39 is 0 Å². The first-order valence-electron chi connectivity index (χ1n) is 5.30. The summed E-state index contributed by atoms with van der Waals surface area (Å²) in [5, 5.41) is 7.52. The van der Waals surface area contributed by atoms with Crippen LogP contribution in [0.2, 0.25) is 0 Å². The number of nitrogens with one attached hydrogen (secondary N) is 1. The Morgan fingerprint density at radius 3 is 2.75 bits per heavy atom. The van der Waals surface area contributed by atoms with Crippen molar-refractivity contribution in [1.29, 1.82) is 0 Å². The third kappa shape index (κ3) is 2.43. The predicted octanol–water partition coefficient (Wildman–Crippen LogP) is 1.16. The topological polar surface area (TPSA) is 55.6 Å². The molecule has 0 aliphatic heterocycles. The molecule has 16 heavy (non-hydrogen) atoms. The van der Waals surface area contributed by atoms with Crippen LogP contribution in [0.3, 0.4) is 0 Å². The highest BCUT2D eigenvalue weighted by atomic mass is 15.3. The van der Waals surface area contributed by atoms with Gasteiger partial charge in [0.15, 0.2) is 0 Å². The van der Waals surface area contributed by atoms with Gasteiger partial charge in [-0.2, -0.15) is 5.10 Å². The third-order valence-electron chi connectivity index (χ3n) is 2.19. The van der Waals surface area contributed by atoms with Crippen molar-refractivity contribution in [1.82, 2.24) is 25.1 Å². The SMILES string of the molecule is CC(C)NCc1ncnn1-c1ccncc1. The lowest BCUT2D eigenvalue weighted by Gasteiger charge is -2.08. The molecule has 0 atom stereocenters. The molecule has 84 valence electrons. The van der Waals surface area contributed by atoms with Crippen molar-refractivity contribution >= 4 is 0 Å². The van der Waals surface area contributed by atoms with Crippen LogP contribution in [0.15, 0.2) is 30.9 Å². The molecule has 5 nitrogen and oxygen atoms in total. The van der Waals surface area contributed by atoms with Gasteiger partial charge < -0.3 is 5.32 Å². The van der Waals surface area contributed by atoms with Gasteiger partial charge in [0.2, 0.25) is 0 Å². The van der Waals surface area contributed by atoms with Gasteiger partial charge >= 0.3 is 0 Å². The van der Waals surface area contributed by atoms with Crippen LogP contribution in [0.4, 0.5) is 0 Å². The zero-order valence-corrected chi connectivity index (χ0v) is 9.46. The molecule has 0 saturated carbocycles. The largest absolute Gasteiger partial charge is 0.308 e. The molecule has 2 heterocycles. The predicted molar refractivity (Wildman–Crippen MR) is 61.1 cm³/mol. The van der Waals surface area contributed by atoms with Gasteiger partial charge in [0.1, 0.15) is 12.2 Å². The van der Waals surface area contributed by atoms with Crippen LogP contribution in [0.25, 0.3) is 5.69 Å². The van der Waals surface area contributed by atoms with Crippen molar-refractivity contribution in [3.05, 3.63) is 36.7 Å². The van der Waals surface area contributed by atoms with Crippen molar-refractivity contribution in [3.8, 4) is 5.69 Å². The van der Waals surface area contributed by atoms with E-state index >= 15 is 0 Å². The molecule has 2 aromatic rings. The molecule has 0 aromatic carbocycles. The van der Waals surface area contributed by atoms with E-state index in [4.69, 9.17) is 0 Å². The second-order valence-electron chi connectivity index (χ2n) is 3.83. The molecule has 0 radical (unpaired) electrons. The van der Waals surface area contributed by atoms with Crippen LogP contribution in [0, 0.1) is 0 Å². The van der Waals surface area contributed by atoms with E-state index in [0.29, 0.717) is 12.6 Å². The number of rotatable bonds is 4. The van der Waals surface area contributed by atoms with Gasteiger partial charge in [-0.1, -0.05) is 13.8 Å². The maximum absolute atomic E-state index is 4.23. The Bertz CT molecular complexity index is 435. The molecule has 2 aromatic heterocycles. The van der Waals surface area contributed by atoms with Crippen molar-refractivity contribution in [3.63, 3.8) is 0 Å². The van der Waals surface area contributed by atoms with Crippen LogP contribution >= 0.6 is 0 Å². The number of nitrogens with zero attached hydrogens (tertiary/aromatic N) is 4. The summed E-state index contributed by atoms with van der Waals surface area (Å²) in [5.41, 5.74) is 0.980. The Labute approximate surface area is 94.5 Å². The second kappa shape index (κ2) is 4.85. The van der Waals surface area contributed by atoms with Crippen molar-refractivity contribution in [2.24, 2.45) is 0 Å². The molecule has 0 bridgehead atoms. The molecule has 0 aliphatic rings. The maximum Gasteiger partial charge on any atom is 0.146 e. The van der Waals surface area contributed by atoms with Crippen molar-refractivity contribution in [2.75, 3.05) is 0 Å². The van der Waals surface area contributed by atoms with Gasteiger partial charge in [-0.3, -0.25) is 4.98 Å². The number of hydrogen-bond acceptors (Lipinski definition) is 4. The van der Waals surface area contributed by atoms with E-state index in [1.54, 1.807) is 18.7 Å². The average molecular weight is 217 g/mol. The smallest absolute Gasteiger partial charge is 0.146 e. The van der Waals surface area contributed by atoms with E-state index in [2.05, 4.69) is 34.2 Å². The Morgan fingerprint density at radius 1 is 1.31 bits per heavy atom.